The first-order valence-corrected chi connectivity index (χ1v) is 7.07. The van der Waals surface area contributed by atoms with E-state index in [1.54, 1.807) is 0 Å². The fourth-order valence-electron chi connectivity index (χ4n) is 2.73. The molecular weight excluding hydrogens is 260 g/mol. The number of nitrogens with zero attached hydrogens (tertiary/aromatic N) is 3. The summed E-state index contributed by atoms with van der Waals surface area (Å²) >= 11 is 0. The van der Waals surface area contributed by atoms with E-state index < -0.39 is 0 Å². The number of rotatable bonds is 1. The molecule has 3 rings (SSSR count). The number of fused-ring (bicyclic) bond motifs is 1. The molecule has 0 fully saturated rings. The van der Waals surface area contributed by atoms with Crippen LogP contribution in [-0.2, 0) is 5.54 Å². The van der Waals surface area contributed by atoms with Crippen LogP contribution in [0.3, 0.4) is 0 Å². The molecule has 0 amide bonds. The maximum Gasteiger partial charge on any atom is 0.141 e. The van der Waals surface area contributed by atoms with Crippen LogP contribution >= 0.6 is 0 Å². The van der Waals surface area contributed by atoms with Crippen LogP contribution in [0, 0.1) is 6.92 Å². The van der Waals surface area contributed by atoms with Gasteiger partial charge in [0.2, 0.25) is 0 Å². The van der Waals surface area contributed by atoms with E-state index in [1.807, 2.05) is 36.7 Å². The van der Waals surface area contributed by atoms with Crippen molar-refractivity contribution in [1.82, 2.24) is 14.5 Å². The summed E-state index contributed by atoms with van der Waals surface area (Å²) in [6.45, 7) is 8.62. The molecule has 0 saturated heterocycles. The van der Waals surface area contributed by atoms with Crippen molar-refractivity contribution >= 4 is 16.7 Å². The van der Waals surface area contributed by atoms with E-state index in [4.69, 9.17) is 10.7 Å². The van der Waals surface area contributed by atoms with Crippen LogP contribution in [-0.4, -0.2) is 14.5 Å². The second-order valence-electron chi connectivity index (χ2n) is 6.38. The molecule has 0 aliphatic rings. The van der Waals surface area contributed by atoms with Crippen LogP contribution in [0.1, 0.15) is 26.3 Å². The molecule has 0 atom stereocenters. The summed E-state index contributed by atoms with van der Waals surface area (Å²) in [6, 6.07) is 7.97. The highest BCUT2D eigenvalue weighted by atomic mass is 15.1. The lowest BCUT2D eigenvalue weighted by Crippen LogP contribution is -2.22. The molecule has 4 heteroatoms. The van der Waals surface area contributed by atoms with Gasteiger partial charge >= 0.3 is 0 Å². The Kier molecular flexibility index (Phi) is 2.97. The van der Waals surface area contributed by atoms with Gasteiger partial charge in [0, 0.05) is 23.0 Å². The van der Waals surface area contributed by atoms with Gasteiger partial charge in [-0.2, -0.15) is 0 Å². The molecule has 0 bridgehead atoms. The molecule has 4 nitrogen and oxygen atoms in total. The largest absolute Gasteiger partial charge is 0.399 e. The molecule has 0 aliphatic carbocycles. The van der Waals surface area contributed by atoms with Gasteiger partial charge in [-0.15, -0.1) is 0 Å². The van der Waals surface area contributed by atoms with Gasteiger partial charge < -0.3 is 10.3 Å². The molecule has 0 radical (unpaired) electrons. The number of anilines is 1. The first-order valence-electron chi connectivity index (χ1n) is 7.07. The summed E-state index contributed by atoms with van der Waals surface area (Å²) in [4.78, 5) is 8.98. The first kappa shape index (κ1) is 13.6. The van der Waals surface area contributed by atoms with Gasteiger partial charge in [-0.05, 0) is 57.5 Å². The second-order valence-corrected chi connectivity index (χ2v) is 6.38. The third kappa shape index (κ3) is 2.27. The summed E-state index contributed by atoms with van der Waals surface area (Å²) in [5.74, 6) is 0.961. The molecular formula is C17H20N4. The number of aryl methyl sites for hydroxylation is 1. The summed E-state index contributed by atoms with van der Waals surface area (Å²) < 4.78 is 2.27. The predicted molar refractivity (Wildman–Crippen MR) is 87.1 cm³/mol. The van der Waals surface area contributed by atoms with E-state index in [9.17, 15) is 0 Å². The number of nitrogens with two attached hydrogens (primary N) is 1. The van der Waals surface area contributed by atoms with Gasteiger partial charge in [-0.3, -0.25) is 4.98 Å². The third-order valence-corrected chi connectivity index (χ3v) is 3.62. The Hall–Kier alpha value is -2.36. The van der Waals surface area contributed by atoms with Crippen molar-refractivity contribution in [2.45, 2.75) is 33.2 Å². The van der Waals surface area contributed by atoms with Crippen LogP contribution in [0.25, 0.3) is 22.4 Å². The molecule has 3 aromatic rings. The predicted octanol–water partition coefficient (Wildman–Crippen LogP) is 3.74. The van der Waals surface area contributed by atoms with Crippen LogP contribution < -0.4 is 5.73 Å². The minimum Gasteiger partial charge on any atom is -0.399 e. The van der Waals surface area contributed by atoms with Crippen molar-refractivity contribution in [3.63, 3.8) is 0 Å². The average Bonchev–Trinajstić information content (AvgIpc) is 2.77. The van der Waals surface area contributed by atoms with E-state index in [0.717, 1.165) is 33.7 Å². The lowest BCUT2D eigenvalue weighted by molar-refractivity contribution is 0.413. The Morgan fingerprint density at radius 1 is 1.14 bits per heavy atom. The summed E-state index contributed by atoms with van der Waals surface area (Å²) in [7, 11) is 0. The lowest BCUT2D eigenvalue weighted by Gasteiger charge is -2.25. The lowest BCUT2D eigenvalue weighted by atomic mass is 10.0. The zero-order chi connectivity index (χ0) is 15.2. The molecule has 0 aliphatic heterocycles. The van der Waals surface area contributed by atoms with Gasteiger partial charge in [0.25, 0.3) is 0 Å². The van der Waals surface area contributed by atoms with Crippen molar-refractivity contribution < 1.29 is 0 Å². The highest BCUT2D eigenvalue weighted by Gasteiger charge is 2.23. The second kappa shape index (κ2) is 4.58. The van der Waals surface area contributed by atoms with Gasteiger partial charge in [0.15, 0.2) is 0 Å². The topological polar surface area (TPSA) is 56.7 Å². The van der Waals surface area contributed by atoms with Crippen molar-refractivity contribution in [3.8, 4) is 11.4 Å². The first-order chi connectivity index (χ1) is 9.88. The standard InChI is InChI=1S/C17H20N4/c1-11-9-12(18)5-6-13(11)16-20-14-10-19-8-7-15(14)21(16)17(2,3)4/h5-10H,18H2,1-4H3. The van der Waals surface area contributed by atoms with Crippen molar-refractivity contribution in [2.75, 3.05) is 5.73 Å². The molecule has 0 saturated carbocycles. The van der Waals surface area contributed by atoms with Crippen LogP contribution in [0.2, 0.25) is 0 Å². The number of benzene rings is 1. The van der Waals surface area contributed by atoms with Crippen molar-refractivity contribution in [3.05, 3.63) is 42.2 Å². The quantitative estimate of drug-likeness (QED) is 0.691. The molecule has 108 valence electrons. The number of imidazole rings is 1. The highest BCUT2D eigenvalue weighted by Crippen LogP contribution is 2.32. The van der Waals surface area contributed by atoms with E-state index in [0.29, 0.717) is 0 Å². The number of pyridine rings is 1. The minimum absolute atomic E-state index is 0.0702. The number of aromatic nitrogens is 3. The molecule has 2 N–H and O–H groups in total. The minimum atomic E-state index is -0.0702. The Morgan fingerprint density at radius 3 is 2.57 bits per heavy atom. The summed E-state index contributed by atoms with van der Waals surface area (Å²) in [5, 5.41) is 0. The molecule has 0 unspecified atom stereocenters. The average molecular weight is 280 g/mol. The zero-order valence-corrected chi connectivity index (χ0v) is 12.9. The SMILES string of the molecule is Cc1cc(N)ccc1-c1nc2cnccc2n1C(C)(C)C. The smallest absolute Gasteiger partial charge is 0.141 e. The van der Waals surface area contributed by atoms with E-state index in [1.165, 1.54) is 0 Å². The fraction of sp³-hybridized carbons (Fsp3) is 0.294. The molecule has 1 aromatic carbocycles. The Morgan fingerprint density at radius 2 is 1.90 bits per heavy atom. The number of hydrogen-bond acceptors (Lipinski definition) is 3. The van der Waals surface area contributed by atoms with E-state index in [2.05, 4.69) is 37.2 Å². The maximum atomic E-state index is 5.87. The van der Waals surface area contributed by atoms with Crippen LogP contribution in [0.15, 0.2) is 36.7 Å². The monoisotopic (exact) mass is 280 g/mol. The highest BCUT2D eigenvalue weighted by molar-refractivity contribution is 5.81. The van der Waals surface area contributed by atoms with Gasteiger partial charge in [0.1, 0.15) is 11.3 Å². The number of hydrogen-bond donors (Lipinski definition) is 1. The van der Waals surface area contributed by atoms with Gasteiger partial charge in [-0.25, -0.2) is 4.98 Å². The Balaban J connectivity index is 2.37. The van der Waals surface area contributed by atoms with Gasteiger partial charge in [0.05, 0.1) is 11.7 Å². The molecule has 2 heterocycles. The summed E-state index contributed by atoms with van der Waals surface area (Å²) in [6.07, 6.45) is 3.62. The van der Waals surface area contributed by atoms with E-state index >= 15 is 0 Å². The van der Waals surface area contributed by atoms with Crippen LogP contribution in [0.5, 0.6) is 0 Å². The van der Waals surface area contributed by atoms with Crippen molar-refractivity contribution in [1.29, 1.82) is 0 Å². The fourth-order valence-corrected chi connectivity index (χ4v) is 2.73. The third-order valence-electron chi connectivity index (χ3n) is 3.62. The van der Waals surface area contributed by atoms with Crippen molar-refractivity contribution in [2.24, 2.45) is 0 Å². The van der Waals surface area contributed by atoms with E-state index in [-0.39, 0.29) is 5.54 Å². The Labute approximate surface area is 124 Å². The van der Waals surface area contributed by atoms with Gasteiger partial charge in [-0.1, -0.05) is 0 Å². The molecule has 2 aromatic heterocycles. The normalized spacial score (nSPS) is 12.0. The maximum absolute atomic E-state index is 5.87. The zero-order valence-electron chi connectivity index (χ0n) is 12.9. The number of nitrogen functional groups attached to an aromatic ring is 1. The van der Waals surface area contributed by atoms with Crippen LogP contribution in [0.4, 0.5) is 5.69 Å². The Bertz CT molecular complexity index is 809. The molecule has 21 heavy (non-hydrogen) atoms. The molecule has 0 spiro atoms. The summed E-state index contributed by atoms with van der Waals surface area (Å²) in [5.41, 5.74) is 10.8.